The summed E-state index contributed by atoms with van der Waals surface area (Å²) in [4.78, 5) is 0. The maximum Gasteiger partial charge on any atom is 0.416 e. The Morgan fingerprint density at radius 1 is 1.25 bits per heavy atom. The average Bonchev–Trinajstić information content (AvgIpc) is 2.79. The van der Waals surface area contributed by atoms with E-state index in [1.807, 2.05) is 29.2 Å². The predicted octanol–water partition coefficient (Wildman–Crippen LogP) is 4.57. The summed E-state index contributed by atoms with van der Waals surface area (Å²) in [5.41, 5.74) is 1.14. The molecule has 3 nitrogen and oxygen atoms in total. The van der Waals surface area contributed by atoms with Gasteiger partial charge in [0.25, 0.3) is 0 Å². The third-order valence-electron chi connectivity index (χ3n) is 3.60. The van der Waals surface area contributed by atoms with E-state index in [1.165, 1.54) is 24.3 Å². The normalized spacial score (nSPS) is 12.7. The summed E-state index contributed by atoms with van der Waals surface area (Å²) in [7, 11) is 3.90. The van der Waals surface area contributed by atoms with Crippen molar-refractivity contribution in [2.24, 2.45) is 5.92 Å². The number of hydrogen-bond acceptors (Lipinski definition) is 3. The Labute approximate surface area is 145 Å². The summed E-state index contributed by atoms with van der Waals surface area (Å²) < 4.78 is 46.2. The van der Waals surface area contributed by atoms with Crippen molar-refractivity contribution < 1.29 is 13.2 Å². The molecule has 0 amide bonds. The summed E-state index contributed by atoms with van der Waals surface area (Å²) in [5.74, 6) is 0.366. The van der Waals surface area contributed by atoms with E-state index in [1.54, 1.807) is 6.07 Å². The number of halogens is 3. The lowest BCUT2D eigenvalue weighted by Gasteiger charge is -2.10. The van der Waals surface area contributed by atoms with Crippen LogP contribution in [0.15, 0.2) is 24.4 Å². The zero-order valence-corrected chi connectivity index (χ0v) is 15.3. The summed E-state index contributed by atoms with van der Waals surface area (Å²) in [6.45, 7) is 5.59. The first kappa shape index (κ1) is 19.1. The molecular formula is C17H24F3N3S. The maximum atomic E-state index is 13.0. The number of alkyl halides is 3. The first-order valence-electron chi connectivity index (χ1n) is 7.94. The van der Waals surface area contributed by atoms with Gasteiger partial charge in [-0.05, 0) is 44.1 Å². The molecule has 24 heavy (non-hydrogen) atoms. The topological polar surface area (TPSA) is 20.2 Å². The van der Waals surface area contributed by atoms with Crippen molar-refractivity contribution in [3.8, 4) is 0 Å². The Hall–Kier alpha value is -1.18. The van der Waals surface area contributed by atoms with Gasteiger partial charge in [0, 0.05) is 42.3 Å². The Bertz CT molecular complexity index is 678. The van der Waals surface area contributed by atoms with Gasteiger partial charge in [-0.15, -0.1) is 0 Å². The lowest BCUT2D eigenvalue weighted by Crippen LogP contribution is -2.15. The fourth-order valence-electron chi connectivity index (χ4n) is 2.65. The standard InChI is InChI=1S/C17H24F3N3S/c1-12(2)10-23-11-13(7-8-21-24-22(3)4)15-6-5-14(9-16(15)23)17(18,19)20/h5-6,9,11-12,21H,7-8,10H2,1-4H3. The number of nitrogens with one attached hydrogen (secondary N) is 1. The predicted molar refractivity (Wildman–Crippen MR) is 94.8 cm³/mol. The first-order valence-corrected chi connectivity index (χ1v) is 8.72. The molecule has 1 aromatic heterocycles. The van der Waals surface area contributed by atoms with Gasteiger partial charge in [-0.2, -0.15) is 13.2 Å². The zero-order chi connectivity index (χ0) is 17.9. The summed E-state index contributed by atoms with van der Waals surface area (Å²) in [6, 6.07) is 4.04. The van der Waals surface area contributed by atoms with Gasteiger partial charge in [-0.3, -0.25) is 4.72 Å². The van der Waals surface area contributed by atoms with E-state index < -0.39 is 11.7 Å². The molecule has 0 bridgehead atoms. The van der Waals surface area contributed by atoms with Crippen LogP contribution in [-0.4, -0.2) is 29.5 Å². The molecule has 1 aromatic carbocycles. The molecule has 134 valence electrons. The van der Waals surface area contributed by atoms with Crippen LogP contribution in [0.3, 0.4) is 0 Å². The van der Waals surface area contributed by atoms with Crippen LogP contribution in [0.25, 0.3) is 10.9 Å². The van der Waals surface area contributed by atoms with Gasteiger partial charge in [-0.25, -0.2) is 4.31 Å². The number of nitrogens with zero attached hydrogens (tertiary/aromatic N) is 2. The molecule has 2 rings (SSSR count). The van der Waals surface area contributed by atoms with Crippen molar-refractivity contribution in [1.29, 1.82) is 0 Å². The molecule has 1 heterocycles. The summed E-state index contributed by atoms with van der Waals surface area (Å²) in [5, 5.41) is 0.903. The van der Waals surface area contributed by atoms with E-state index in [2.05, 4.69) is 18.6 Å². The highest BCUT2D eigenvalue weighted by molar-refractivity contribution is 7.95. The lowest BCUT2D eigenvalue weighted by atomic mass is 10.1. The molecule has 0 unspecified atom stereocenters. The van der Waals surface area contributed by atoms with Gasteiger partial charge in [0.1, 0.15) is 0 Å². The summed E-state index contributed by atoms with van der Waals surface area (Å²) >= 11 is 1.51. The third-order valence-corrected chi connectivity index (χ3v) is 4.30. The molecule has 2 aromatic rings. The van der Waals surface area contributed by atoms with Crippen molar-refractivity contribution in [3.05, 3.63) is 35.5 Å². The molecule has 0 spiro atoms. The van der Waals surface area contributed by atoms with Gasteiger partial charge < -0.3 is 4.57 Å². The van der Waals surface area contributed by atoms with E-state index >= 15 is 0 Å². The van der Waals surface area contributed by atoms with E-state index in [9.17, 15) is 13.2 Å². The van der Waals surface area contributed by atoms with Crippen molar-refractivity contribution in [2.45, 2.75) is 33.0 Å². The molecule has 0 atom stereocenters. The highest BCUT2D eigenvalue weighted by Crippen LogP contribution is 2.33. The summed E-state index contributed by atoms with van der Waals surface area (Å²) in [6.07, 6.45) is -1.55. The molecule has 0 saturated carbocycles. The average molecular weight is 359 g/mol. The minimum atomic E-state index is -4.31. The molecule has 0 radical (unpaired) electrons. The Morgan fingerprint density at radius 2 is 1.96 bits per heavy atom. The van der Waals surface area contributed by atoms with Crippen molar-refractivity contribution >= 4 is 23.0 Å². The van der Waals surface area contributed by atoms with Crippen LogP contribution in [0.4, 0.5) is 13.2 Å². The van der Waals surface area contributed by atoms with Gasteiger partial charge in [0.15, 0.2) is 0 Å². The number of fused-ring (bicyclic) bond motifs is 1. The highest BCUT2D eigenvalue weighted by atomic mass is 32.2. The molecule has 0 aliphatic carbocycles. The number of hydrogen-bond donors (Lipinski definition) is 1. The van der Waals surface area contributed by atoms with Crippen LogP contribution in [0, 0.1) is 5.92 Å². The molecule has 0 saturated heterocycles. The largest absolute Gasteiger partial charge is 0.416 e. The van der Waals surface area contributed by atoms with Crippen molar-refractivity contribution in [1.82, 2.24) is 13.6 Å². The molecule has 0 aliphatic rings. The van der Waals surface area contributed by atoms with Crippen molar-refractivity contribution in [3.63, 3.8) is 0 Å². The Morgan fingerprint density at radius 3 is 2.54 bits per heavy atom. The van der Waals surface area contributed by atoms with Gasteiger partial charge in [0.2, 0.25) is 0 Å². The molecule has 1 N–H and O–H groups in total. The van der Waals surface area contributed by atoms with Crippen LogP contribution in [0.5, 0.6) is 0 Å². The highest BCUT2D eigenvalue weighted by Gasteiger charge is 2.31. The second-order valence-corrected chi connectivity index (χ2v) is 7.68. The van der Waals surface area contributed by atoms with Crippen LogP contribution in [-0.2, 0) is 19.1 Å². The zero-order valence-electron chi connectivity index (χ0n) is 14.4. The van der Waals surface area contributed by atoms with Crippen LogP contribution in [0.2, 0.25) is 0 Å². The van der Waals surface area contributed by atoms with Gasteiger partial charge in [-0.1, -0.05) is 19.9 Å². The van der Waals surface area contributed by atoms with Crippen molar-refractivity contribution in [2.75, 3.05) is 20.6 Å². The van der Waals surface area contributed by atoms with Crippen LogP contribution < -0.4 is 4.72 Å². The maximum absolute atomic E-state index is 13.0. The number of rotatable bonds is 7. The Balaban J connectivity index is 2.31. The number of benzene rings is 1. The van der Waals surface area contributed by atoms with E-state index in [0.717, 1.165) is 23.9 Å². The van der Waals surface area contributed by atoms with Crippen LogP contribution in [0.1, 0.15) is 25.0 Å². The number of aromatic nitrogens is 1. The lowest BCUT2D eigenvalue weighted by molar-refractivity contribution is -0.137. The van der Waals surface area contributed by atoms with Crippen LogP contribution >= 0.6 is 12.1 Å². The first-order chi connectivity index (χ1) is 11.2. The molecule has 0 fully saturated rings. The van der Waals surface area contributed by atoms with E-state index in [-0.39, 0.29) is 0 Å². The monoisotopic (exact) mass is 359 g/mol. The van der Waals surface area contributed by atoms with E-state index in [0.29, 0.717) is 18.0 Å². The minimum Gasteiger partial charge on any atom is -0.347 e. The fourth-order valence-corrected chi connectivity index (χ4v) is 3.10. The minimum absolute atomic E-state index is 0.366. The Kier molecular flexibility index (Phi) is 6.22. The second-order valence-electron chi connectivity index (χ2n) is 6.48. The molecular weight excluding hydrogens is 335 g/mol. The quantitative estimate of drug-likeness (QED) is 0.577. The van der Waals surface area contributed by atoms with E-state index in [4.69, 9.17) is 0 Å². The second kappa shape index (κ2) is 7.80. The van der Waals surface area contributed by atoms with Gasteiger partial charge >= 0.3 is 6.18 Å². The third kappa shape index (κ3) is 4.91. The van der Waals surface area contributed by atoms with Gasteiger partial charge in [0.05, 0.1) is 5.56 Å². The molecule has 0 aliphatic heterocycles. The smallest absolute Gasteiger partial charge is 0.347 e. The SMILES string of the molecule is CC(C)Cn1cc(CCNSN(C)C)c2ccc(C(F)(F)F)cc21. The fraction of sp³-hybridized carbons (Fsp3) is 0.529. The molecule has 7 heteroatoms.